The van der Waals surface area contributed by atoms with Crippen LogP contribution in [0.3, 0.4) is 0 Å². The molecule has 7 heteroatoms. The van der Waals surface area contributed by atoms with Crippen molar-refractivity contribution in [2.24, 2.45) is 29.6 Å². The van der Waals surface area contributed by atoms with E-state index in [1.807, 2.05) is 19.1 Å². The average Bonchev–Trinajstić information content (AvgIpc) is 3.37. The first-order valence-electron chi connectivity index (χ1n) is 10.4. The van der Waals surface area contributed by atoms with Gasteiger partial charge >= 0.3 is 11.9 Å². The molecule has 6 nitrogen and oxygen atoms in total. The number of carboxylic acids is 1. The molecule has 0 spiro atoms. The highest BCUT2D eigenvalue weighted by atomic mass is 32.1. The van der Waals surface area contributed by atoms with Gasteiger partial charge in [0.2, 0.25) is 5.91 Å². The van der Waals surface area contributed by atoms with E-state index in [-0.39, 0.29) is 17.7 Å². The zero-order valence-corrected chi connectivity index (χ0v) is 17.6. The third-order valence-corrected chi connectivity index (χ3v) is 7.61. The largest absolute Gasteiger partial charge is 0.481 e. The van der Waals surface area contributed by atoms with Crippen molar-refractivity contribution in [2.75, 3.05) is 11.9 Å². The number of rotatable bonds is 6. The highest BCUT2D eigenvalue weighted by Crippen LogP contribution is 2.49. The lowest BCUT2D eigenvalue weighted by Crippen LogP contribution is -2.36. The number of fused-ring (bicyclic) bond motifs is 3. The van der Waals surface area contributed by atoms with Gasteiger partial charge in [0.15, 0.2) is 0 Å². The van der Waals surface area contributed by atoms with Crippen molar-refractivity contribution in [3.63, 3.8) is 0 Å². The summed E-state index contributed by atoms with van der Waals surface area (Å²) in [7, 11) is 0. The molecule has 29 heavy (non-hydrogen) atoms. The number of hydrogen-bond acceptors (Lipinski definition) is 5. The van der Waals surface area contributed by atoms with Crippen molar-refractivity contribution >= 4 is 34.2 Å². The van der Waals surface area contributed by atoms with Gasteiger partial charge in [-0.25, -0.2) is 4.79 Å². The van der Waals surface area contributed by atoms with E-state index in [1.165, 1.54) is 11.3 Å². The fourth-order valence-electron chi connectivity index (χ4n) is 5.03. The first-order valence-corrected chi connectivity index (χ1v) is 11.3. The van der Waals surface area contributed by atoms with E-state index in [1.54, 1.807) is 0 Å². The zero-order valence-electron chi connectivity index (χ0n) is 16.8. The summed E-state index contributed by atoms with van der Waals surface area (Å²) in [5.41, 5.74) is 1.47. The molecule has 0 unspecified atom stereocenters. The number of amides is 1. The standard InChI is InChI=1S/C22H27NO5S/c1-3-8-28-22(27)18-14-7-4-11(2)9-15(14)29-20(18)23-19(24)16-12-5-6-13(10-12)17(16)21(25)26/h5-6,11-13,16-17H,3-4,7-10H2,1-2H3,(H,23,24)(H,25,26)/t11-,12+,13+,16-,17+/m1/s1. The summed E-state index contributed by atoms with van der Waals surface area (Å²) >= 11 is 1.45. The molecular formula is C22H27NO5S. The summed E-state index contributed by atoms with van der Waals surface area (Å²) in [5, 5.41) is 13.1. The fourth-order valence-corrected chi connectivity index (χ4v) is 6.44. The Morgan fingerprint density at radius 2 is 1.97 bits per heavy atom. The highest BCUT2D eigenvalue weighted by Gasteiger charge is 2.51. The number of carbonyl (C=O) groups excluding carboxylic acids is 2. The number of aliphatic carboxylic acids is 1. The molecule has 156 valence electrons. The molecule has 0 saturated heterocycles. The Labute approximate surface area is 174 Å². The minimum Gasteiger partial charge on any atom is -0.481 e. The number of anilines is 1. The predicted octanol–water partition coefficient (Wildman–Crippen LogP) is 3.90. The summed E-state index contributed by atoms with van der Waals surface area (Å²) in [6.07, 6.45) is 8.02. The van der Waals surface area contributed by atoms with Gasteiger partial charge in [-0.2, -0.15) is 0 Å². The molecule has 1 saturated carbocycles. The number of allylic oxidation sites excluding steroid dienone is 2. The first kappa shape index (κ1) is 20.1. The lowest BCUT2D eigenvalue weighted by molar-refractivity contribution is -0.146. The van der Waals surface area contributed by atoms with E-state index >= 15 is 0 Å². The number of thiophene rings is 1. The van der Waals surface area contributed by atoms with Gasteiger partial charge in [-0.1, -0.05) is 26.0 Å². The van der Waals surface area contributed by atoms with Crippen LogP contribution in [0.15, 0.2) is 12.2 Å². The third kappa shape index (κ3) is 3.61. The summed E-state index contributed by atoms with van der Waals surface area (Å²) in [5.74, 6) is -2.51. The number of hydrogen-bond donors (Lipinski definition) is 2. The minimum absolute atomic E-state index is 0.0498. The summed E-state index contributed by atoms with van der Waals surface area (Å²) in [6.45, 7) is 4.47. The maximum Gasteiger partial charge on any atom is 0.341 e. The van der Waals surface area contributed by atoms with Crippen LogP contribution in [0.2, 0.25) is 0 Å². The van der Waals surface area contributed by atoms with E-state index in [0.717, 1.165) is 36.1 Å². The van der Waals surface area contributed by atoms with Crippen molar-refractivity contribution in [1.82, 2.24) is 0 Å². The van der Waals surface area contributed by atoms with Gasteiger partial charge in [0.25, 0.3) is 0 Å². The Balaban J connectivity index is 1.62. The van der Waals surface area contributed by atoms with Crippen molar-refractivity contribution in [3.8, 4) is 0 Å². The second kappa shape index (κ2) is 7.94. The molecule has 3 aliphatic carbocycles. The van der Waals surface area contributed by atoms with Gasteiger partial charge < -0.3 is 15.2 Å². The molecule has 5 atom stereocenters. The van der Waals surface area contributed by atoms with Gasteiger partial charge in [-0.3, -0.25) is 9.59 Å². The molecule has 0 radical (unpaired) electrons. The molecule has 0 aromatic carbocycles. The second-order valence-electron chi connectivity index (χ2n) is 8.52. The maximum atomic E-state index is 13.1. The van der Waals surface area contributed by atoms with E-state index in [2.05, 4.69) is 12.2 Å². The predicted molar refractivity (Wildman–Crippen MR) is 110 cm³/mol. The molecule has 0 aliphatic heterocycles. The van der Waals surface area contributed by atoms with Gasteiger partial charge in [-0.05, 0) is 55.4 Å². The van der Waals surface area contributed by atoms with Crippen LogP contribution in [-0.4, -0.2) is 29.6 Å². The first-order chi connectivity index (χ1) is 13.9. The molecule has 1 fully saturated rings. The maximum absolute atomic E-state index is 13.1. The Morgan fingerprint density at radius 3 is 2.66 bits per heavy atom. The molecule has 1 heterocycles. The van der Waals surface area contributed by atoms with Gasteiger partial charge in [-0.15, -0.1) is 11.3 Å². The van der Waals surface area contributed by atoms with Gasteiger partial charge in [0, 0.05) is 4.88 Å². The molecule has 1 aromatic rings. The molecular weight excluding hydrogens is 390 g/mol. The lowest BCUT2D eigenvalue weighted by Gasteiger charge is -2.23. The summed E-state index contributed by atoms with van der Waals surface area (Å²) in [6, 6.07) is 0. The smallest absolute Gasteiger partial charge is 0.341 e. The Kier molecular flexibility index (Phi) is 5.51. The summed E-state index contributed by atoms with van der Waals surface area (Å²) < 4.78 is 5.40. The number of carboxylic acid groups (broad SMARTS) is 1. The monoisotopic (exact) mass is 417 g/mol. The fraction of sp³-hybridized carbons (Fsp3) is 0.591. The van der Waals surface area contributed by atoms with Crippen LogP contribution in [0, 0.1) is 29.6 Å². The number of carbonyl (C=O) groups is 3. The third-order valence-electron chi connectivity index (χ3n) is 6.44. The van der Waals surface area contributed by atoms with Gasteiger partial charge in [0.05, 0.1) is 24.0 Å². The minimum atomic E-state index is -0.927. The van der Waals surface area contributed by atoms with E-state index < -0.39 is 23.8 Å². The summed E-state index contributed by atoms with van der Waals surface area (Å²) in [4.78, 5) is 38.8. The second-order valence-corrected chi connectivity index (χ2v) is 9.62. The van der Waals surface area contributed by atoms with E-state index in [0.29, 0.717) is 29.5 Å². The van der Waals surface area contributed by atoms with Crippen LogP contribution in [-0.2, 0) is 27.2 Å². The highest BCUT2D eigenvalue weighted by molar-refractivity contribution is 7.17. The van der Waals surface area contributed by atoms with Crippen molar-refractivity contribution in [2.45, 2.75) is 46.0 Å². The van der Waals surface area contributed by atoms with E-state index in [9.17, 15) is 19.5 Å². The lowest BCUT2D eigenvalue weighted by atomic mass is 9.82. The molecule has 2 bridgehead atoms. The molecule has 4 rings (SSSR count). The SMILES string of the molecule is CCCOC(=O)c1c(NC(=O)[C@H]2[C@@H](C(=O)O)[C@H]3C=C[C@H]2C3)sc2c1CC[C@@H](C)C2. The van der Waals surface area contributed by atoms with E-state index in [4.69, 9.17) is 4.74 Å². The van der Waals surface area contributed by atoms with Crippen LogP contribution in [0.1, 0.15) is 53.9 Å². The number of ether oxygens (including phenoxy) is 1. The van der Waals surface area contributed by atoms with Crippen molar-refractivity contribution in [3.05, 3.63) is 28.2 Å². The molecule has 1 amide bonds. The Morgan fingerprint density at radius 1 is 1.24 bits per heavy atom. The van der Waals surface area contributed by atoms with Crippen LogP contribution in [0.4, 0.5) is 5.00 Å². The van der Waals surface area contributed by atoms with Crippen LogP contribution >= 0.6 is 11.3 Å². The van der Waals surface area contributed by atoms with Crippen molar-refractivity contribution < 1.29 is 24.2 Å². The molecule has 3 aliphatic rings. The van der Waals surface area contributed by atoms with Crippen LogP contribution < -0.4 is 5.32 Å². The Bertz CT molecular complexity index is 873. The van der Waals surface area contributed by atoms with Crippen LogP contribution in [0.5, 0.6) is 0 Å². The number of nitrogens with one attached hydrogen (secondary N) is 1. The zero-order chi connectivity index (χ0) is 20.7. The average molecular weight is 418 g/mol. The van der Waals surface area contributed by atoms with Gasteiger partial charge in [0.1, 0.15) is 5.00 Å². The number of esters is 1. The normalized spacial score (nSPS) is 29.5. The topological polar surface area (TPSA) is 92.7 Å². The van der Waals surface area contributed by atoms with Crippen LogP contribution in [0.25, 0.3) is 0 Å². The Hall–Kier alpha value is -2.15. The molecule has 2 N–H and O–H groups in total. The quantitative estimate of drug-likeness (QED) is 0.541. The molecule has 1 aromatic heterocycles. The van der Waals surface area contributed by atoms with Crippen molar-refractivity contribution in [1.29, 1.82) is 0 Å².